The average Bonchev–Trinajstić information content (AvgIpc) is 2.33. The SMILES string of the molecule is C=CCNC(N)=NCC(C)(C)c1c(F)cccc1Cl. The third kappa shape index (κ3) is 4.24. The fourth-order valence-electron chi connectivity index (χ4n) is 1.74. The van der Waals surface area contributed by atoms with E-state index in [1.54, 1.807) is 18.2 Å². The van der Waals surface area contributed by atoms with Gasteiger partial charge >= 0.3 is 0 Å². The van der Waals surface area contributed by atoms with Crippen LogP contribution in [0.15, 0.2) is 35.8 Å². The maximum Gasteiger partial charge on any atom is 0.188 e. The molecule has 1 aromatic rings. The minimum atomic E-state index is -0.539. The Bertz CT molecular complexity index is 463. The van der Waals surface area contributed by atoms with Crippen LogP contribution in [0.25, 0.3) is 0 Å². The van der Waals surface area contributed by atoms with Crippen LogP contribution in [-0.4, -0.2) is 19.0 Å². The first-order valence-corrected chi connectivity index (χ1v) is 6.35. The van der Waals surface area contributed by atoms with Crippen LogP contribution in [0.5, 0.6) is 0 Å². The van der Waals surface area contributed by atoms with Gasteiger partial charge in [0.2, 0.25) is 0 Å². The number of nitrogens with zero attached hydrogens (tertiary/aromatic N) is 1. The lowest BCUT2D eigenvalue weighted by atomic mass is 9.84. The predicted molar refractivity (Wildman–Crippen MR) is 79.1 cm³/mol. The van der Waals surface area contributed by atoms with Crippen molar-refractivity contribution >= 4 is 17.6 Å². The van der Waals surface area contributed by atoms with Crippen LogP contribution in [0.4, 0.5) is 4.39 Å². The van der Waals surface area contributed by atoms with Gasteiger partial charge in [-0.1, -0.05) is 37.6 Å². The second-order valence-corrected chi connectivity index (χ2v) is 5.26. The molecule has 0 radical (unpaired) electrons. The Hall–Kier alpha value is -1.55. The summed E-state index contributed by atoms with van der Waals surface area (Å²) in [7, 11) is 0. The number of hydrogen-bond acceptors (Lipinski definition) is 1. The summed E-state index contributed by atoms with van der Waals surface area (Å²) in [6.45, 7) is 8.20. The predicted octanol–water partition coefficient (Wildman–Crippen LogP) is 2.85. The van der Waals surface area contributed by atoms with Crippen molar-refractivity contribution in [1.29, 1.82) is 0 Å². The highest BCUT2D eigenvalue weighted by molar-refractivity contribution is 6.31. The van der Waals surface area contributed by atoms with Gasteiger partial charge in [-0.3, -0.25) is 4.99 Å². The largest absolute Gasteiger partial charge is 0.370 e. The lowest BCUT2D eigenvalue weighted by Crippen LogP contribution is -2.34. The fourth-order valence-corrected chi connectivity index (χ4v) is 2.16. The molecule has 1 rings (SSSR count). The molecule has 0 unspecified atom stereocenters. The van der Waals surface area contributed by atoms with Crippen LogP contribution >= 0.6 is 11.6 Å². The molecule has 0 aliphatic carbocycles. The molecule has 3 nitrogen and oxygen atoms in total. The number of hydrogen-bond donors (Lipinski definition) is 2. The minimum Gasteiger partial charge on any atom is -0.370 e. The first-order chi connectivity index (χ1) is 8.88. The Morgan fingerprint density at radius 1 is 1.58 bits per heavy atom. The van der Waals surface area contributed by atoms with Gasteiger partial charge < -0.3 is 11.1 Å². The average molecular weight is 284 g/mol. The molecular formula is C14H19ClFN3. The van der Waals surface area contributed by atoms with E-state index in [0.29, 0.717) is 29.6 Å². The van der Waals surface area contributed by atoms with Crippen LogP contribution in [-0.2, 0) is 5.41 Å². The zero-order valence-corrected chi connectivity index (χ0v) is 12.0. The van der Waals surface area contributed by atoms with E-state index in [1.807, 2.05) is 13.8 Å². The summed E-state index contributed by atoms with van der Waals surface area (Å²) < 4.78 is 13.9. The zero-order valence-electron chi connectivity index (χ0n) is 11.2. The molecule has 0 aliphatic heterocycles. The Kier molecular flexibility index (Phi) is 5.36. The van der Waals surface area contributed by atoms with Gasteiger partial charge in [0.05, 0.1) is 6.54 Å². The van der Waals surface area contributed by atoms with E-state index in [0.717, 1.165) is 0 Å². The van der Waals surface area contributed by atoms with Gasteiger partial charge in [-0.05, 0) is 12.1 Å². The van der Waals surface area contributed by atoms with E-state index in [1.165, 1.54) is 6.07 Å². The highest BCUT2D eigenvalue weighted by atomic mass is 35.5. The van der Waals surface area contributed by atoms with Crippen molar-refractivity contribution in [3.05, 3.63) is 47.3 Å². The molecule has 0 bridgehead atoms. The van der Waals surface area contributed by atoms with Crippen LogP contribution in [0.2, 0.25) is 5.02 Å². The quantitative estimate of drug-likeness (QED) is 0.496. The van der Waals surface area contributed by atoms with Crippen molar-refractivity contribution in [1.82, 2.24) is 5.32 Å². The molecule has 0 aliphatic rings. The standard InChI is InChI=1S/C14H19ClFN3/c1-4-8-18-13(17)19-9-14(2,3)12-10(15)6-5-7-11(12)16/h4-7H,1,8-9H2,2-3H3,(H3,17,18,19). The van der Waals surface area contributed by atoms with E-state index in [9.17, 15) is 4.39 Å². The number of nitrogens with one attached hydrogen (secondary N) is 1. The summed E-state index contributed by atoms with van der Waals surface area (Å²) in [6, 6.07) is 4.65. The Balaban J connectivity index is 2.89. The molecule has 0 heterocycles. The van der Waals surface area contributed by atoms with E-state index >= 15 is 0 Å². The second kappa shape index (κ2) is 6.57. The summed E-state index contributed by atoms with van der Waals surface area (Å²) in [4.78, 5) is 4.20. The number of halogens is 2. The minimum absolute atomic E-state index is 0.306. The monoisotopic (exact) mass is 283 g/mol. The number of rotatable bonds is 5. The Morgan fingerprint density at radius 3 is 2.84 bits per heavy atom. The summed E-state index contributed by atoms with van der Waals surface area (Å²) in [5.74, 6) is -0.0224. The van der Waals surface area contributed by atoms with Gasteiger partial charge in [-0.2, -0.15) is 0 Å². The summed E-state index contributed by atoms with van der Waals surface area (Å²) in [5.41, 5.74) is 5.60. The normalized spacial score (nSPS) is 12.3. The molecule has 0 saturated heterocycles. The molecule has 104 valence electrons. The molecule has 0 atom stereocenters. The molecule has 19 heavy (non-hydrogen) atoms. The van der Waals surface area contributed by atoms with Crippen LogP contribution in [0.1, 0.15) is 19.4 Å². The van der Waals surface area contributed by atoms with Gasteiger partial charge in [-0.25, -0.2) is 4.39 Å². The van der Waals surface area contributed by atoms with Crippen molar-refractivity contribution in [2.24, 2.45) is 10.7 Å². The van der Waals surface area contributed by atoms with E-state index < -0.39 is 5.41 Å². The lowest BCUT2D eigenvalue weighted by molar-refractivity contribution is 0.493. The molecule has 5 heteroatoms. The maximum absolute atomic E-state index is 13.9. The first kappa shape index (κ1) is 15.5. The Labute approximate surface area is 118 Å². The molecule has 0 fully saturated rings. The molecule has 0 amide bonds. The third-order valence-corrected chi connectivity index (χ3v) is 3.03. The van der Waals surface area contributed by atoms with Gasteiger partial charge in [0, 0.05) is 22.5 Å². The van der Waals surface area contributed by atoms with Crippen LogP contribution in [0.3, 0.4) is 0 Å². The lowest BCUT2D eigenvalue weighted by Gasteiger charge is -2.25. The molecule has 0 saturated carbocycles. The first-order valence-electron chi connectivity index (χ1n) is 5.97. The van der Waals surface area contributed by atoms with Crippen molar-refractivity contribution in [2.45, 2.75) is 19.3 Å². The van der Waals surface area contributed by atoms with Gasteiger partial charge in [0.15, 0.2) is 5.96 Å². The summed E-state index contributed by atoms with van der Waals surface area (Å²) in [6.07, 6.45) is 1.68. The number of nitrogens with two attached hydrogens (primary N) is 1. The summed E-state index contributed by atoms with van der Waals surface area (Å²) in [5, 5.41) is 3.27. The Morgan fingerprint density at radius 2 is 2.26 bits per heavy atom. The van der Waals surface area contributed by atoms with Crippen LogP contribution < -0.4 is 11.1 Å². The van der Waals surface area contributed by atoms with E-state index in [2.05, 4.69) is 16.9 Å². The zero-order chi connectivity index (χ0) is 14.5. The molecular weight excluding hydrogens is 265 g/mol. The topological polar surface area (TPSA) is 50.4 Å². The molecule has 3 N–H and O–H groups in total. The van der Waals surface area contributed by atoms with E-state index in [-0.39, 0.29) is 5.82 Å². The van der Waals surface area contributed by atoms with Gasteiger partial charge in [0.25, 0.3) is 0 Å². The second-order valence-electron chi connectivity index (χ2n) is 4.85. The molecule has 0 aromatic heterocycles. The van der Waals surface area contributed by atoms with Crippen molar-refractivity contribution in [2.75, 3.05) is 13.1 Å². The molecule has 0 spiro atoms. The van der Waals surface area contributed by atoms with E-state index in [4.69, 9.17) is 17.3 Å². The van der Waals surface area contributed by atoms with Crippen molar-refractivity contribution in [3.63, 3.8) is 0 Å². The van der Waals surface area contributed by atoms with Crippen molar-refractivity contribution in [3.8, 4) is 0 Å². The van der Waals surface area contributed by atoms with Gasteiger partial charge in [0.1, 0.15) is 5.82 Å². The third-order valence-electron chi connectivity index (χ3n) is 2.71. The smallest absolute Gasteiger partial charge is 0.188 e. The number of guanidine groups is 1. The molecule has 1 aromatic carbocycles. The number of benzene rings is 1. The fraction of sp³-hybridized carbons (Fsp3) is 0.357. The highest BCUT2D eigenvalue weighted by Crippen LogP contribution is 2.32. The van der Waals surface area contributed by atoms with Gasteiger partial charge in [-0.15, -0.1) is 6.58 Å². The number of aliphatic imine (C=N–C) groups is 1. The summed E-state index contributed by atoms with van der Waals surface area (Å²) >= 11 is 6.06. The van der Waals surface area contributed by atoms with Crippen molar-refractivity contribution < 1.29 is 4.39 Å². The highest BCUT2D eigenvalue weighted by Gasteiger charge is 2.26. The maximum atomic E-state index is 13.9. The van der Waals surface area contributed by atoms with Crippen LogP contribution in [0, 0.1) is 5.82 Å².